The van der Waals surface area contributed by atoms with Crippen LogP contribution >= 0.6 is 66.7 Å². The second-order valence-corrected chi connectivity index (χ2v) is 7.43. The van der Waals surface area contributed by atoms with Crippen molar-refractivity contribution in [2.45, 2.75) is 0 Å². The minimum Gasteiger partial charge on any atom is -0.330 e. The standard InChI is InChI=1S/C13H7Br2IN2S/c14-7-1-3-11(9(15)5-7)18-12-4-2-8(16)6-10(12)17-13(18)19/h1-6H,(H,17,19). The molecule has 1 aromatic heterocycles. The zero-order valence-electron chi connectivity index (χ0n) is 9.45. The van der Waals surface area contributed by atoms with Crippen LogP contribution in [0.5, 0.6) is 0 Å². The van der Waals surface area contributed by atoms with E-state index in [2.05, 4.69) is 77.6 Å². The molecule has 0 radical (unpaired) electrons. The molecule has 1 N–H and O–H groups in total. The number of fused-ring (bicyclic) bond motifs is 1. The predicted molar refractivity (Wildman–Crippen MR) is 96.6 cm³/mol. The van der Waals surface area contributed by atoms with Gasteiger partial charge in [0.25, 0.3) is 0 Å². The summed E-state index contributed by atoms with van der Waals surface area (Å²) in [5, 5.41) is 0. The van der Waals surface area contributed by atoms with Gasteiger partial charge < -0.3 is 4.98 Å². The lowest BCUT2D eigenvalue weighted by Crippen LogP contribution is -1.95. The number of imidazole rings is 1. The highest BCUT2D eigenvalue weighted by atomic mass is 127. The van der Waals surface area contributed by atoms with Crippen LogP contribution in [0.2, 0.25) is 0 Å². The van der Waals surface area contributed by atoms with Crippen LogP contribution in [0.15, 0.2) is 45.3 Å². The molecule has 0 aliphatic rings. The number of benzene rings is 2. The maximum atomic E-state index is 5.44. The Morgan fingerprint density at radius 1 is 1.11 bits per heavy atom. The molecule has 0 unspecified atom stereocenters. The normalized spacial score (nSPS) is 11.1. The molecule has 2 nitrogen and oxygen atoms in total. The summed E-state index contributed by atoms with van der Waals surface area (Å²) in [7, 11) is 0. The lowest BCUT2D eigenvalue weighted by Gasteiger charge is -2.07. The first kappa shape index (κ1) is 13.8. The van der Waals surface area contributed by atoms with E-state index in [0.29, 0.717) is 4.77 Å². The van der Waals surface area contributed by atoms with Crippen molar-refractivity contribution in [1.82, 2.24) is 9.55 Å². The first-order valence-corrected chi connectivity index (χ1v) is 8.49. The monoisotopic (exact) mass is 508 g/mol. The van der Waals surface area contributed by atoms with E-state index in [1.54, 1.807) is 0 Å². The summed E-state index contributed by atoms with van der Waals surface area (Å²) < 4.78 is 5.95. The van der Waals surface area contributed by atoms with Crippen LogP contribution in [0.25, 0.3) is 16.7 Å². The average Bonchev–Trinajstić information content (AvgIpc) is 2.65. The van der Waals surface area contributed by atoms with E-state index >= 15 is 0 Å². The number of nitrogens with zero attached hydrogens (tertiary/aromatic N) is 1. The minimum atomic E-state index is 0.694. The van der Waals surface area contributed by atoms with E-state index < -0.39 is 0 Å². The van der Waals surface area contributed by atoms with Crippen molar-refractivity contribution in [3.63, 3.8) is 0 Å². The molecule has 6 heteroatoms. The number of hydrogen-bond acceptors (Lipinski definition) is 1. The van der Waals surface area contributed by atoms with Gasteiger partial charge in [0.2, 0.25) is 0 Å². The van der Waals surface area contributed by atoms with E-state index in [-0.39, 0.29) is 0 Å². The van der Waals surface area contributed by atoms with Gasteiger partial charge >= 0.3 is 0 Å². The lowest BCUT2D eigenvalue weighted by molar-refractivity contribution is 1.06. The van der Waals surface area contributed by atoms with Crippen molar-refractivity contribution in [3.05, 3.63) is 53.7 Å². The molecule has 0 bridgehead atoms. The van der Waals surface area contributed by atoms with Crippen LogP contribution in [0.3, 0.4) is 0 Å². The molecule has 0 atom stereocenters. The molecule has 0 aliphatic heterocycles. The van der Waals surface area contributed by atoms with Crippen molar-refractivity contribution in [2.24, 2.45) is 0 Å². The Labute approximate surface area is 145 Å². The van der Waals surface area contributed by atoms with Gasteiger partial charge in [0.1, 0.15) is 0 Å². The summed E-state index contributed by atoms with van der Waals surface area (Å²) in [6.45, 7) is 0. The number of hydrogen-bond donors (Lipinski definition) is 1. The summed E-state index contributed by atoms with van der Waals surface area (Å²) in [6, 6.07) is 12.3. The van der Waals surface area contributed by atoms with Crippen LogP contribution in [0.1, 0.15) is 0 Å². The van der Waals surface area contributed by atoms with Gasteiger partial charge in [0.05, 0.1) is 16.7 Å². The zero-order chi connectivity index (χ0) is 13.6. The number of aromatic amines is 1. The molecule has 2 aromatic carbocycles. The molecule has 19 heavy (non-hydrogen) atoms. The van der Waals surface area contributed by atoms with E-state index in [1.165, 1.54) is 3.57 Å². The Balaban J connectivity index is 2.36. The molecule has 0 aliphatic carbocycles. The van der Waals surface area contributed by atoms with Crippen LogP contribution in [-0.2, 0) is 0 Å². The van der Waals surface area contributed by atoms with Gasteiger partial charge in [-0.3, -0.25) is 4.57 Å². The average molecular weight is 510 g/mol. The van der Waals surface area contributed by atoms with Gasteiger partial charge in [-0.1, -0.05) is 15.9 Å². The third-order valence-corrected chi connectivity index (χ3v) is 4.88. The molecule has 3 rings (SSSR count). The number of aromatic nitrogens is 2. The maximum absolute atomic E-state index is 5.44. The van der Waals surface area contributed by atoms with E-state index in [9.17, 15) is 0 Å². The number of nitrogens with one attached hydrogen (secondary N) is 1. The van der Waals surface area contributed by atoms with Crippen LogP contribution in [0, 0.1) is 8.34 Å². The van der Waals surface area contributed by atoms with Crippen molar-refractivity contribution in [3.8, 4) is 5.69 Å². The Kier molecular flexibility index (Phi) is 3.85. The maximum Gasteiger partial charge on any atom is 0.182 e. The molecular weight excluding hydrogens is 503 g/mol. The highest BCUT2D eigenvalue weighted by Gasteiger charge is 2.09. The van der Waals surface area contributed by atoms with E-state index in [4.69, 9.17) is 12.2 Å². The number of H-pyrrole nitrogens is 1. The second kappa shape index (κ2) is 5.31. The largest absolute Gasteiger partial charge is 0.330 e. The molecule has 0 saturated carbocycles. The minimum absolute atomic E-state index is 0.694. The predicted octanol–water partition coefficient (Wildman–Crippen LogP) is 5.82. The number of rotatable bonds is 1. The van der Waals surface area contributed by atoms with E-state index in [1.807, 2.05) is 22.8 Å². The molecule has 1 heterocycles. The second-order valence-electron chi connectivity index (χ2n) is 4.02. The van der Waals surface area contributed by atoms with Crippen molar-refractivity contribution < 1.29 is 0 Å². The summed E-state index contributed by atoms with van der Waals surface area (Å²) in [6.07, 6.45) is 0. The third-order valence-electron chi connectivity index (χ3n) is 2.79. The Morgan fingerprint density at radius 2 is 1.89 bits per heavy atom. The molecule has 96 valence electrons. The zero-order valence-corrected chi connectivity index (χ0v) is 15.6. The molecule has 0 amide bonds. The first-order chi connectivity index (χ1) is 9.06. The van der Waals surface area contributed by atoms with Gasteiger partial charge in [-0.15, -0.1) is 0 Å². The quantitative estimate of drug-likeness (QED) is 0.324. The van der Waals surface area contributed by atoms with Gasteiger partial charge in [-0.2, -0.15) is 0 Å². The molecular formula is C13H7Br2IN2S. The topological polar surface area (TPSA) is 20.7 Å². The van der Waals surface area contributed by atoms with Gasteiger partial charge in [0, 0.05) is 12.5 Å². The third kappa shape index (κ3) is 2.55. The van der Waals surface area contributed by atoms with Gasteiger partial charge in [0.15, 0.2) is 4.77 Å². The SMILES string of the molecule is S=c1[nH]c2cc(I)ccc2n1-c1ccc(Br)cc1Br. The molecule has 3 aromatic rings. The van der Waals surface area contributed by atoms with E-state index in [0.717, 1.165) is 25.7 Å². The van der Waals surface area contributed by atoms with Crippen LogP contribution in [-0.4, -0.2) is 9.55 Å². The van der Waals surface area contributed by atoms with Gasteiger partial charge in [-0.25, -0.2) is 0 Å². The van der Waals surface area contributed by atoms with Crippen LogP contribution < -0.4 is 0 Å². The van der Waals surface area contributed by atoms with Crippen molar-refractivity contribution in [1.29, 1.82) is 0 Å². The van der Waals surface area contributed by atoms with Gasteiger partial charge in [-0.05, 0) is 87.1 Å². The van der Waals surface area contributed by atoms with Crippen LogP contribution in [0.4, 0.5) is 0 Å². The fourth-order valence-corrected chi connectivity index (χ4v) is 4.01. The highest BCUT2D eigenvalue weighted by Crippen LogP contribution is 2.29. The number of halogens is 3. The fraction of sp³-hybridized carbons (Fsp3) is 0. The summed E-state index contributed by atoms with van der Waals surface area (Å²) >= 11 is 14.8. The molecule has 0 saturated heterocycles. The Morgan fingerprint density at radius 3 is 2.63 bits per heavy atom. The van der Waals surface area contributed by atoms with Crippen molar-refractivity contribution >= 4 is 77.7 Å². The highest BCUT2D eigenvalue weighted by molar-refractivity contribution is 14.1. The summed E-state index contributed by atoms with van der Waals surface area (Å²) in [4.78, 5) is 3.25. The molecule has 0 spiro atoms. The van der Waals surface area contributed by atoms with Crippen molar-refractivity contribution in [2.75, 3.05) is 0 Å². The smallest absolute Gasteiger partial charge is 0.182 e. The summed E-state index contributed by atoms with van der Waals surface area (Å²) in [5.74, 6) is 0. The first-order valence-electron chi connectivity index (χ1n) is 5.42. The molecule has 0 fully saturated rings. The Hall–Kier alpha value is -0.180. The summed E-state index contributed by atoms with van der Waals surface area (Å²) in [5.41, 5.74) is 3.15. The lowest BCUT2D eigenvalue weighted by atomic mass is 10.3. The fourth-order valence-electron chi connectivity index (χ4n) is 1.99. The Bertz CT molecular complexity index is 838.